The minimum absolute atomic E-state index is 0.559. The summed E-state index contributed by atoms with van der Waals surface area (Å²) in [4.78, 5) is 0.762. The molecule has 0 spiro atoms. The van der Waals surface area contributed by atoms with Gasteiger partial charge in [-0.3, -0.25) is 0 Å². The Morgan fingerprint density at radius 2 is 2.38 bits per heavy atom. The summed E-state index contributed by atoms with van der Waals surface area (Å²) in [5.74, 6) is -1.76. The van der Waals surface area contributed by atoms with E-state index in [0.717, 1.165) is 16.3 Å². The minimum Gasteiger partial charge on any atom is -0.497 e. The van der Waals surface area contributed by atoms with Gasteiger partial charge in [-0.2, -0.15) is 0 Å². The molecule has 1 aromatic rings. The van der Waals surface area contributed by atoms with Crippen LogP contribution in [0.5, 0.6) is 11.5 Å². The molecule has 70 valence electrons. The number of hydrogen-bond acceptors (Lipinski definition) is 4. The monoisotopic (exact) mass is 236 g/mol. The molecular formula is C7H6ClO3PS. The number of fused-ring (bicyclic) bond motifs is 1. The lowest BCUT2D eigenvalue weighted by molar-refractivity contribution is 0.412. The normalized spacial score (nSPS) is 25.1. The fraction of sp³-hybridized carbons (Fsp3) is 0.143. The number of rotatable bonds is 1. The second-order valence-electron chi connectivity index (χ2n) is 2.43. The maximum Gasteiger partial charge on any atom is 0.398 e. The molecule has 0 radical (unpaired) electrons. The van der Waals surface area contributed by atoms with Gasteiger partial charge < -0.3 is 9.26 Å². The molecule has 0 saturated heterocycles. The lowest BCUT2D eigenvalue weighted by Gasteiger charge is -2.00. The van der Waals surface area contributed by atoms with Crippen LogP contribution in [0.1, 0.15) is 0 Å². The van der Waals surface area contributed by atoms with Crippen LogP contribution in [0.3, 0.4) is 0 Å². The highest BCUT2D eigenvalue weighted by Gasteiger charge is 2.33. The van der Waals surface area contributed by atoms with Crippen molar-refractivity contribution >= 4 is 28.5 Å². The van der Waals surface area contributed by atoms with Crippen LogP contribution in [0, 0.1) is 0 Å². The fourth-order valence-electron chi connectivity index (χ4n) is 1.02. The topological polar surface area (TPSA) is 35.5 Å². The zero-order valence-corrected chi connectivity index (χ0v) is 9.16. The molecule has 1 unspecified atom stereocenters. The molecule has 1 aliphatic rings. The highest BCUT2D eigenvalue weighted by molar-refractivity contribution is 8.64. The number of methoxy groups -OCH3 is 1. The first-order valence-corrected chi connectivity index (χ1v) is 7.43. The van der Waals surface area contributed by atoms with E-state index in [1.807, 2.05) is 0 Å². The van der Waals surface area contributed by atoms with E-state index >= 15 is 0 Å². The molecule has 0 bridgehead atoms. The predicted octanol–water partition coefficient (Wildman–Crippen LogP) is 3.53. The van der Waals surface area contributed by atoms with Gasteiger partial charge in [0.05, 0.1) is 12.0 Å². The van der Waals surface area contributed by atoms with Gasteiger partial charge in [0.2, 0.25) is 0 Å². The molecule has 1 aliphatic heterocycles. The number of ether oxygens (including phenoxy) is 1. The molecule has 6 heteroatoms. The van der Waals surface area contributed by atoms with Crippen LogP contribution < -0.4 is 9.26 Å². The molecular weight excluding hydrogens is 231 g/mol. The zero-order valence-electron chi connectivity index (χ0n) is 6.69. The van der Waals surface area contributed by atoms with E-state index in [9.17, 15) is 4.57 Å². The highest BCUT2D eigenvalue weighted by Crippen LogP contribution is 2.73. The van der Waals surface area contributed by atoms with Crippen LogP contribution in [-0.2, 0) is 4.57 Å². The Morgan fingerprint density at radius 3 is 3.08 bits per heavy atom. The third-order valence-corrected chi connectivity index (χ3v) is 5.01. The smallest absolute Gasteiger partial charge is 0.398 e. The molecule has 0 aliphatic carbocycles. The molecule has 13 heavy (non-hydrogen) atoms. The molecule has 1 heterocycles. The van der Waals surface area contributed by atoms with E-state index in [2.05, 4.69) is 0 Å². The van der Waals surface area contributed by atoms with Gasteiger partial charge in [-0.05, 0) is 40.8 Å². The van der Waals surface area contributed by atoms with Crippen LogP contribution >= 0.6 is 28.5 Å². The zero-order chi connectivity index (χ0) is 9.47. The maximum absolute atomic E-state index is 11.3. The predicted molar refractivity (Wildman–Crippen MR) is 52.9 cm³/mol. The summed E-state index contributed by atoms with van der Waals surface area (Å²) in [7, 11) is 1.57. The maximum atomic E-state index is 11.3. The van der Waals surface area contributed by atoms with Gasteiger partial charge in [-0.15, -0.1) is 0 Å². The first kappa shape index (κ1) is 9.25. The van der Waals surface area contributed by atoms with E-state index in [1.54, 1.807) is 25.3 Å². The van der Waals surface area contributed by atoms with Gasteiger partial charge in [0.25, 0.3) is 0 Å². The SMILES string of the molecule is COc1ccc2c(c1)SP(=O)(Cl)O2. The second-order valence-corrected chi connectivity index (χ2v) is 8.02. The Hall–Kier alpha value is -0.310. The number of hydrogen-bond donors (Lipinski definition) is 0. The Kier molecular flexibility index (Phi) is 2.22. The van der Waals surface area contributed by atoms with Crippen molar-refractivity contribution in [1.29, 1.82) is 0 Å². The summed E-state index contributed by atoms with van der Waals surface area (Å²) in [6, 6.07) is 5.19. The standard InChI is InChI=1S/C7H6ClO3PS/c1-10-5-2-3-6-7(4-5)13-12(8,9)11-6/h2-4H,1H3. The molecule has 2 rings (SSSR count). The van der Waals surface area contributed by atoms with Crippen molar-refractivity contribution < 1.29 is 13.8 Å². The van der Waals surface area contributed by atoms with Crippen molar-refractivity contribution in [2.75, 3.05) is 7.11 Å². The Bertz CT molecular complexity index is 395. The average Bonchev–Trinajstić information content (AvgIpc) is 2.36. The molecule has 0 N–H and O–H groups in total. The molecule has 1 atom stereocenters. The van der Waals surface area contributed by atoms with Crippen LogP contribution in [0.25, 0.3) is 0 Å². The third kappa shape index (κ3) is 1.80. The Labute approximate surface area is 84.4 Å². The van der Waals surface area contributed by atoms with Gasteiger partial charge >= 0.3 is 5.92 Å². The summed E-state index contributed by atoms with van der Waals surface area (Å²) >= 11 is 6.63. The highest BCUT2D eigenvalue weighted by atomic mass is 35.7. The minimum atomic E-state index is -3.02. The van der Waals surface area contributed by atoms with Gasteiger partial charge in [0.15, 0.2) is 0 Å². The van der Waals surface area contributed by atoms with Gasteiger partial charge in [-0.25, -0.2) is 4.57 Å². The molecule has 0 aromatic heterocycles. The van der Waals surface area contributed by atoms with E-state index in [4.69, 9.17) is 20.5 Å². The van der Waals surface area contributed by atoms with E-state index in [-0.39, 0.29) is 0 Å². The van der Waals surface area contributed by atoms with Crippen molar-refractivity contribution in [1.82, 2.24) is 0 Å². The van der Waals surface area contributed by atoms with Crippen molar-refractivity contribution in [2.45, 2.75) is 4.90 Å². The third-order valence-electron chi connectivity index (χ3n) is 1.57. The van der Waals surface area contributed by atoms with Gasteiger partial charge in [0.1, 0.15) is 11.5 Å². The largest absolute Gasteiger partial charge is 0.497 e. The molecule has 0 saturated carbocycles. The molecule has 1 aromatic carbocycles. The average molecular weight is 237 g/mol. The lowest BCUT2D eigenvalue weighted by atomic mass is 10.3. The summed E-state index contributed by atoms with van der Waals surface area (Å²) in [6.07, 6.45) is 0. The van der Waals surface area contributed by atoms with Crippen molar-refractivity contribution in [3.63, 3.8) is 0 Å². The van der Waals surface area contributed by atoms with E-state index in [1.165, 1.54) is 0 Å². The lowest BCUT2D eigenvalue weighted by Crippen LogP contribution is -1.82. The van der Waals surface area contributed by atoms with Crippen molar-refractivity contribution in [3.8, 4) is 11.5 Å². The van der Waals surface area contributed by atoms with Gasteiger partial charge in [0, 0.05) is 0 Å². The van der Waals surface area contributed by atoms with Crippen molar-refractivity contribution in [2.24, 2.45) is 0 Å². The van der Waals surface area contributed by atoms with E-state index in [0.29, 0.717) is 11.5 Å². The van der Waals surface area contributed by atoms with Crippen molar-refractivity contribution in [3.05, 3.63) is 18.2 Å². The van der Waals surface area contributed by atoms with Crippen LogP contribution in [0.2, 0.25) is 0 Å². The van der Waals surface area contributed by atoms with Crippen LogP contribution in [0.4, 0.5) is 0 Å². The molecule has 3 nitrogen and oxygen atoms in total. The first-order valence-electron chi connectivity index (χ1n) is 3.48. The van der Waals surface area contributed by atoms with Gasteiger partial charge in [-0.1, -0.05) is 0 Å². The first-order chi connectivity index (χ1) is 6.11. The summed E-state index contributed by atoms with van der Waals surface area (Å²) in [5.41, 5.74) is 0. The molecule has 0 amide bonds. The fourth-order valence-corrected chi connectivity index (χ4v) is 4.49. The summed E-state index contributed by atoms with van der Waals surface area (Å²) in [6.45, 7) is 0. The summed E-state index contributed by atoms with van der Waals surface area (Å²) in [5, 5.41) is 0. The van der Waals surface area contributed by atoms with Crippen LogP contribution in [-0.4, -0.2) is 7.11 Å². The van der Waals surface area contributed by atoms with E-state index < -0.39 is 5.92 Å². The molecule has 0 fully saturated rings. The van der Waals surface area contributed by atoms with Crippen LogP contribution in [0.15, 0.2) is 23.1 Å². The Balaban J connectivity index is 2.42. The number of benzene rings is 1. The Morgan fingerprint density at radius 1 is 1.62 bits per heavy atom. The second kappa shape index (κ2) is 3.12. The summed E-state index contributed by atoms with van der Waals surface area (Å²) < 4.78 is 21.4. The number of halogens is 1. The quantitative estimate of drug-likeness (QED) is 0.699.